The van der Waals surface area contributed by atoms with Gasteiger partial charge in [-0.1, -0.05) is 11.6 Å². The molecule has 0 spiro atoms. The molecule has 2 aromatic rings. The maximum Gasteiger partial charge on any atom is 0.256 e. The lowest BCUT2D eigenvalue weighted by Gasteiger charge is -2.11. The summed E-state index contributed by atoms with van der Waals surface area (Å²) in [6, 6.07) is 5.42. The topological polar surface area (TPSA) is 54.1 Å². The summed E-state index contributed by atoms with van der Waals surface area (Å²) < 4.78 is 5.61. The molecule has 23 heavy (non-hydrogen) atoms. The monoisotopic (exact) mass is 328 g/mol. The predicted octanol–water partition coefficient (Wildman–Crippen LogP) is 4.05. The number of aromatic nitrogens is 1. The van der Waals surface area contributed by atoms with E-state index >= 15 is 0 Å². The molecule has 1 aliphatic heterocycles. The highest BCUT2D eigenvalue weighted by molar-refractivity contribution is 6.36. The zero-order valence-corrected chi connectivity index (χ0v) is 13.6. The van der Waals surface area contributed by atoms with Gasteiger partial charge in [0.05, 0.1) is 18.4 Å². The number of aryl methyl sites for hydroxylation is 1. The number of halogens is 1. The summed E-state index contributed by atoms with van der Waals surface area (Å²) in [6.07, 6.45) is 6.28. The fraction of sp³-hybridized carbons (Fsp3) is 0.278. The SMILES string of the molecule is COc1c(C=C2C(=O)Nc3ccc(Cl)cc32)[nH]c2c1CCCC2. The number of aromatic amines is 1. The van der Waals surface area contributed by atoms with Crippen molar-refractivity contribution in [2.75, 3.05) is 12.4 Å². The van der Waals surface area contributed by atoms with E-state index in [-0.39, 0.29) is 5.91 Å². The third kappa shape index (κ3) is 2.34. The first-order valence-corrected chi connectivity index (χ1v) is 8.16. The number of hydrogen-bond donors (Lipinski definition) is 2. The zero-order valence-electron chi connectivity index (χ0n) is 12.8. The minimum absolute atomic E-state index is 0.114. The maximum absolute atomic E-state index is 12.3. The first-order chi connectivity index (χ1) is 11.2. The molecule has 118 valence electrons. The van der Waals surface area contributed by atoms with Crippen molar-refractivity contribution in [3.8, 4) is 5.75 Å². The van der Waals surface area contributed by atoms with Crippen molar-refractivity contribution in [1.82, 2.24) is 4.98 Å². The minimum atomic E-state index is -0.114. The minimum Gasteiger partial charge on any atom is -0.494 e. The molecule has 1 aromatic heterocycles. The van der Waals surface area contributed by atoms with Crippen molar-refractivity contribution < 1.29 is 9.53 Å². The van der Waals surface area contributed by atoms with Gasteiger partial charge in [0.2, 0.25) is 0 Å². The predicted molar refractivity (Wildman–Crippen MR) is 91.9 cm³/mol. The van der Waals surface area contributed by atoms with E-state index in [0.717, 1.165) is 35.5 Å². The Hall–Kier alpha value is -2.20. The number of methoxy groups -OCH3 is 1. The third-order valence-electron chi connectivity index (χ3n) is 4.53. The van der Waals surface area contributed by atoms with Gasteiger partial charge in [-0.25, -0.2) is 0 Å². The third-order valence-corrected chi connectivity index (χ3v) is 4.76. The molecule has 4 nitrogen and oxygen atoms in total. The van der Waals surface area contributed by atoms with Crippen LogP contribution in [-0.2, 0) is 17.6 Å². The van der Waals surface area contributed by atoms with E-state index in [9.17, 15) is 4.79 Å². The number of amides is 1. The molecule has 5 heteroatoms. The number of ether oxygens (including phenoxy) is 1. The summed E-state index contributed by atoms with van der Waals surface area (Å²) in [6.45, 7) is 0. The lowest BCUT2D eigenvalue weighted by molar-refractivity contribution is -0.110. The van der Waals surface area contributed by atoms with Crippen LogP contribution in [0.3, 0.4) is 0 Å². The van der Waals surface area contributed by atoms with Gasteiger partial charge >= 0.3 is 0 Å². The highest BCUT2D eigenvalue weighted by Crippen LogP contribution is 2.38. The molecule has 1 amide bonds. The van der Waals surface area contributed by atoms with Gasteiger partial charge in [-0.3, -0.25) is 4.79 Å². The number of fused-ring (bicyclic) bond motifs is 2. The van der Waals surface area contributed by atoms with Crippen LogP contribution in [0.25, 0.3) is 11.6 Å². The molecular formula is C18H17ClN2O2. The van der Waals surface area contributed by atoms with E-state index in [1.165, 1.54) is 24.1 Å². The van der Waals surface area contributed by atoms with Crippen LogP contribution in [0.4, 0.5) is 5.69 Å². The lowest BCUT2D eigenvalue weighted by Crippen LogP contribution is -2.03. The van der Waals surface area contributed by atoms with Crippen molar-refractivity contribution >= 4 is 34.8 Å². The molecule has 2 aliphatic rings. The van der Waals surface area contributed by atoms with E-state index in [1.54, 1.807) is 13.2 Å². The van der Waals surface area contributed by atoms with Crippen LogP contribution < -0.4 is 10.1 Å². The highest BCUT2D eigenvalue weighted by atomic mass is 35.5. The Morgan fingerprint density at radius 1 is 1.26 bits per heavy atom. The molecule has 1 aromatic carbocycles. The van der Waals surface area contributed by atoms with Crippen molar-refractivity contribution in [3.05, 3.63) is 45.7 Å². The standard InChI is InChI=1S/C18H17ClN2O2/c1-23-17-11-4-2-3-5-14(11)20-16(17)9-13-12-8-10(19)6-7-15(12)21-18(13)22/h6-9,20H,2-5H2,1H3,(H,21,22). The Bertz CT molecular complexity index is 836. The number of anilines is 1. The number of hydrogen-bond acceptors (Lipinski definition) is 2. The van der Waals surface area contributed by atoms with E-state index in [2.05, 4.69) is 10.3 Å². The molecule has 0 bridgehead atoms. The lowest BCUT2D eigenvalue weighted by atomic mass is 9.97. The average molecular weight is 329 g/mol. The van der Waals surface area contributed by atoms with Crippen LogP contribution in [0, 0.1) is 0 Å². The molecule has 1 aliphatic carbocycles. The van der Waals surface area contributed by atoms with Gasteiger partial charge in [0.25, 0.3) is 5.91 Å². The van der Waals surface area contributed by atoms with Gasteiger partial charge < -0.3 is 15.0 Å². The van der Waals surface area contributed by atoms with E-state index in [1.807, 2.05) is 18.2 Å². The van der Waals surface area contributed by atoms with Crippen molar-refractivity contribution in [3.63, 3.8) is 0 Å². The molecule has 2 heterocycles. The summed E-state index contributed by atoms with van der Waals surface area (Å²) in [5, 5.41) is 3.49. The molecule has 0 saturated carbocycles. The summed E-state index contributed by atoms with van der Waals surface area (Å²) in [7, 11) is 1.68. The molecule has 0 fully saturated rings. The molecule has 0 saturated heterocycles. The second-order valence-electron chi connectivity index (χ2n) is 5.94. The second-order valence-corrected chi connectivity index (χ2v) is 6.37. The fourth-order valence-electron chi connectivity index (χ4n) is 3.46. The van der Waals surface area contributed by atoms with Gasteiger partial charge in [0.15, 0.2) is 0 Å². The van der Waals surface area contributed by atoms with Gasteiger partial charge in [0, 0.05) is 27.5 Å². The molecule has 0 unspecified atom stereocenters. The van der Waals surface area contributed by atoms with E-state index in [4.69, 9.17) is 16.3 Å². The first kappa shape index (κ1) is 14.4. The van der Waals surface area contributed by atoms with Crippen LogP contribution in [0.1, 0.15) is 35.4 Å². The maximum atomic E-state index is 12.3. The number of nitrogens with one attached hydrogen (secondary N) is 2. The van der Waals surface area contributed by atoms with Crippen molar-refractivity contribution in [2.24, 2.45) is 0 Å². The number of benzene rings is 1. The van der Waals surface area contributed by atoms with Crippen LogP contribution >= 0.6 is 11.6 Å². The quantitative estimate of drug-likeness (QED) is 0.817. The molecule has 4 rings (SSSR count). The summed E-state index contributed by atoms with van der Waals surface area (Å²) in [4.78, 5) is 15.7. The molecular weight excluding hydrogens is 312 g/mol. The summed E-state index contributed by atoms with van der Waals surface area (Å²) in [5.74, 6) is 0.743. The Kier molecular flexibility index (Phi) is 3.42. The Morgan fingerprint density at radius 3 is 2.91 bits per heavy atom. The van der Waals surface area contributed by atoms with Gasteiger partial charge in [-0.2, -0.15) is 0 Å². The van der Waals surface area contributed by atoms with E-state index in [0.29, 0.717) is 10.6 Å². The average Bonchev–Trinajstić information content (AvgIpc) is 3.05. The smallest absolute Gasteiger partial charge is 0.256 e. The Labute approximate surface area is 139 Å². The number of rotatable bonds is 2. The summed E-state index contributed by atoms with van der Waals surface area (Å²) >= 11 is 6.08. The van der Waals surface area contributed by atoms with Crippen LogP contribution in [0.15, 0.2) is 18.2 Å². The van der Waals surface area contributed by atoms with Gasteiger partial charge in [-0.15, -0.1) is 0 Å². The Balaban J connectivity index is 1.84. The summed E-state index contributed by atoms with van der Waals surface area (Å²) in [5.41, 5.74) is 5.56. The van der Waals surface area contributed by atoms with Crippen LogP contribution in [0.2, 0.25) is 5.02 Å². The molecule has 2 N–H and O–H groups in total. The van der Waals surface area contributed by atoms with E-state index < -0.39 is 0 Å². The number of carbonyl (C=O) groups is 1. The second kappa shape index (κ2) is 5.46. The Morgan fingerprint density at radius 2 is 2.09 bits per heavy atom. The molecule has 0 atom stereocenters. The fourth-order valence-corrected chi connectivity index (χ4v) is 3.63. The number of H-pyrrole nitrogens is 1. The first-order valence-electron chi connectivity index (χ1n) is 7.78. The molecule has 0 radical (unpaired) electrons. The van der Waals surface area contributed by atoms with Crippen LogP contribution in [0.5, 0.6) is 5.75 Å². The largest absolute Gasteiger partial charge is 0.494 e. The number of carbonyl (C=O) groups excluding carboxylic acids is 1. The zero-order chi connectivity index (χ0) is 16.0. The highest BCUT2D eigenvalue weighted by Gasteiger charge is 2.26. The normalized spacial score (nSPS) is 17.8. The van der Waals surface area contributed by atoms with Gasteiger partial charge in [-0.05, 0) is 50.0 Å². The van der Waals surface area contributed by atoms with Crippen LogP contribution in [-0.4, -0.2) is 18.0 Å². The van der Waals surface area contributed by atoms with Gasteiger partial charge in [0.1, 0.15) is 5.75 Å². The van der Waals surface area contributed by atoms with Crippen molar-refractivity contribution in [1.29, 1.82) is 0 Å². The van der Waals surface area contributed by atoms with Crippen molar-refractivity contribution in [2.45, 2.75) is 25.7 Å².